The average molecular weight is 248 g/mol. The summed E-state index contributed by atoms with van der Waals surface area (Å²) in [6, 6.07) is 5.81. The molecular formula is C14H20N2O2. The molecule has 1 atom stereocenters. The fourth-order valence-electron chi connectivity index (χ4n) is 2.70. The molecule has 0 radical (unpaired) electrons. The van der Waals surface area contributed by atoms with Gasteiger partial charge >= 0.3 is 5.97 Å². The number of carboxylic acid groups (broad SMARTS) is 1. The van der Waals surface area contributed by atoms with Crippen molar-refractivity contribution in [1.82, 2.24) is 9.88 Å². The van der Waals surface area contributed by atoms with Gasteiger partial charge < -0.3 is 5.11 Å². The number of hydrogen-bond acceptors (Lipinski definition) is 3. The van der Waals surface area contributed by atoms with Crippen molar-refractivity contribution in [2.45, 2.75) is 39.3 Å². The molecule has 0 saturated carbocycles. The molecule has 1 N–H and O–H groups in total. The van der Waals surface area contributed by atoms with Crippen LogP contribution in [0.2, 0.25) is 0 Å². The van der Waals surface area contributed by atoms with Crippen LogP contribution in [0.5, 0.6) is 0 Å². The zero-order valence-electron chi connectivity index (χ0n) is 11.0. The number of aromatic carboxylic acids is 1. The molecule has 2 heterocycles. The van der Waals surface area contributed by atoms with Gasteiger partial charge in [-0.05, 0) is 37.4 Å². The van der Waals surface area contributed by atoms with Gasteiger partial charge in [0.15, 0.2) is 0 Å². The number of rotatable bonds is 4. The third kappa shape index (κ3) is 2.88. The van der Waals surface area contributed by atoms with Crippen LogP contribution in [-0.2, 0) is 6.54 Å². The maximum Gasteiger partial charge on any atom is 0.354 e. The first-order valence-electron chi connectivity index (χ1n) is 6.51. The lowest BCUT2D eigenvalue weighted by atomic mass is 10.0. The van der Waals surface area contributed by atoms with E-state index in [2.05, 4.69) is 23.7 Å². The van der Waals surface area contributed by atoms with Crippen molar-refractivity contribution < 1.29 is 9.90 Å². The van der Waals surface area contributed by atoms with E-state index in [1.165, 1.54) is 18.9 Å². The van der Waals surface area contributed by atoms with E-state index in [9.17, 15) is 4.79 Å². The molecule has 4 nitrogen and oxygen atoms in total. The molecule has 1 fully saturated rings. The van der Waals surface area contributed by atoms with Gasteiger partial charge in [0, 0.05) is 12.6 Å². The molecule has 0 bridgehead atoms. The van der Waals surface area contributed by atoms with Gasteiger partial charge in [-0.15, -0.1) is 0 Å². The molecule has 1 aromatic heterocycles. The zero-order valence-corrected chi connectivity index (χ0v) is 11.0. The molecule has 1 aliphatic rings. The lowest BCUT2D eigenvalue weighted by Gasteiger charge is -2.27. The Bertz CT molecular complexity index is 432. The molecule has 2 rings (SSSR count). The molecule has 1 aromatic rings. The summed E-state index contributed by atoms with van der Waals surface area (Å²) < 4.78 is 0. The molecule has 1 unspecified atom stereocenters. The predicted molar refractivity (Wildman–Crippen MR) is 69.5 cm³/mol. The van der Waals surface area contributed by atoms with Crippen LogP contribution in [0.1, 0.15) is 42.9 Å². The molecule has 1 aliphatic heterocycles. The number of aromatic nitrogens is 1. The van der Waals surface area contributed by atoms with Crippen molar-refractivity contribution in [2.75, 3.05) is 6.54 Å². The molecule has 0 spiro atoms. The van der Waals surface area contributed by atoms with Crippen molar-refractivity contribution in [1.29, 1.82) is 0 Å². The first-order valence-corrected chi connectivity index (χ1v) is 6.51. The second-order valence-electron chi connectivity index (χ2n) is 5.24. The van der Waals surface area contributed by atoms with E-state index in [-0.39, 0.29) is 5.69 Å². The van der Waals surface area contributed by atoms with Crippen LogP contribution in [0.25, 0.3) is 0 Å². The van der Waals surface area contributed by atoms with Crippen molar-refractivity contribution >= 4 is 5.97 Å². The summed E-state index contributed by atoms with van der Waals surface area (Å²) in [4.78, 5) is 17.5. The Kier molecular flexibility index (Phi) is 3.97. The Labute approximate surface area is 108 Å². The van der Waals surface area contributed by atoms with Gasteiger partial charge in [-0.25, -0.2) is 9.78 Å². The minimum Gasteiger partial charge on any atom is -0.477 e. The second kappa shape index (κ2) is 5.48. The highest BCUT2D eigenvalue weighted by atomic mass is 16.4. The average Bonchev–Trinajstić information content (AvgIpc) is 2.77. The molecule has 18 heavy (non-hydrogen) atoms. The van der Waals surface area contributed by atoms with E-state index in [0.29, 0.717) is 12.0 Å². The predicted octanol–water partition coefficient (Wildman–Crippen LogP) is 2.40. The summed E-state index contributed by atoms with van der Waals surface area (Å²) in [6.45, 7) is 6.32. The quantitative estimate of drug-likeness (QED) is 0.889. The molecule has 1 saturated heterocycles. The highest BCUT2D eigenvalue weighted by molar-refractivity contribution is 5.85. The fourth-order valence-corrected chi connectivity index (χ4v) is 2.70. The van der Waals surface area contributed by atoms with Crippen LogP contribution in [0.15, 0.2) is 18.2 Å². The normalized spacial score (nSPS) is 20.5. The fraction of sp³-hybridized carbons (Fsp3) is 0.571. The van der Waals surface area contributed by atoms with E-state index < -0.39 is 5.97 Å². The van der Waals surface area contributed by atoms with Gasteiger partial charge in [-0.1, -0.05) is 19.9 Å². The minimum absolute atomic E-state index is 0.132. The number of carbonyl (C=O) groups is 1. The highest BCUT2D eigenvalue weighted by Crippen LogP contribution is 2.25. The van der Waals surface area contributed by atoms with Crippen LogP contribution < -0.4 is 0 Å². The number of nitrogens with zero attached hydrogens (tertiary/aromatic N) is 2. The monoisotopic (exact) mass is 248 g/mol. The van der Waals surface area contributed by atoms with Crippen LogP contribution >= 0.6 is 0 Å². The van der Waals surface area contributed by atoms with E-state index >= 15 is 0 Å². The van der Waals surface area contributed by atoms with Gasteiger partial charge in [-0.3, -0.25) is 4.90 Å². The van der Waals surface area contributed by atoms with Crippen LogP contribution in [0.4, 0.5) is 0 Å². The molecule has 0 amide bonds. The summed E-state index contributed by atoms with van der Waals surface area (Å²) in [5.74, 6) is -0.325. The number of pyridine rings is 1. The van der Waals surface area contributed by atoms with E-state index in [0.717, 1.165) is 18.8 Å². The van der Waals surface area contributed by atoms with Crippen LogP contribution in [0, 0.1) is 5.92 Å². The zero-order chi connectivity index (χ0) is 13.1. The molecule has 4 heteroatoms. The summed E-state index contributed by atoms with van der Waals surface area (Å²) in [7, 11) is 0. The third-order valence-electron chi connectivity index (χ3n) is 3.57. The Balaban J connectivity index is 2.09. The Morgan fingerprint density at radius 2 is 2.33 bits per heavy atom. The number of carboxylic acids is 1. The smallest absolute Gasteiger partial charge is 0.354 e. The lowest BCUT2D eigenvalue weighted by molar-refractivity contribution is 0.0689. The van der Waals surface area contributed by atoms with E-state index in [1.54, 1.807) is 6.07 Å². The second-order valence-corrected chi connectivity index (χ2v) is 5.24. The molecular weight excluding hydrogens is 228 g/mol. The summed E-state index contributed by atoms with van der Waals surface area (Å²) in [6.07, 6.45) is 2.46. The Hall–Kier alpha value is -1.42. The van der Waals surface area contributed by atoms with Gasteiger partial charge in [0.1, 0.15) is 5.69 Å². The van der Waals surface area contributed by atoms with E-state index in [1.807, 2.05) is 6.07 Å². The van der Waals surface area contributed by atoms with Crippen molar-refractivity contribution in [2.24, 2.45) is 5.92 Å². The summed E-state index contributed by atoms with van der Waals surface area (Å²) in [5.41, 5.74) is 0.982. The summed E-state index contributed by atoms with van der Waals surface area (Å²) in [5, 5.41) is 8.93. The third-order valence-corrected chi connectivity index (χ3v) is 3.57. The van der Waals surface area contributed by atoms with E-state index in [4.69, 9.17) is 5.11 Å². The first kappa shape index (κ1) is 13.0. The number of hydrogen-bond donors (Lipinski definition) is 1. The van der Waals surface area contributed by atoms with Crippen molar-refractivity contribution in [3.63, 3.8) is 0 Å². The Morgan fingerprint density at radius 1 is 1.56 bits per heavy atom. The highest BCUT2D eigenvalue weighted by Gasteiger charge is 2.27. The Morgan fingerprint density at radius 3 is 3.00 bits per heavy atom. The lowest BCUT2D eigenvalue weighted by Crippen LogP contribution is -2.33. The maximum absolute atomic E-state index is 10.9. The molecule has 0 aliphatic carbocycles. The van der Waals surface area contributed by atoms with Gasteiger partial charge in [0.25, 0.3) is 0 Å². The number of likely N-dealkylation sites (tertiary alicyclic amines) is 1. The SMILES string of the molecule is CC(C)C1CCCN1Cc1cccc(C(=O)O)n1. The standard InChI is InChI=1S/C14H20N2O2/c1-10(2)13-7-4-8-16(13)9-11-5-3-6-12(15-11)14(17)18/h3,5-6,10,13H,4,7-9H2,1-2H3,(H,17,18). The van der Waals surface area contributed by atoms with Crippen LogP contribution in [-0.4, -0.2) is 33.5 Å². The van der Waals surface area contributed by atoms with Crippen molar-refractivity contribution in [3.05, 3.63) is 29.6 Å². The minimum atomic E-state index is -0.960. The maximum atomic E-state index is 10.9. The van der Waals surface area contributed by atoms with Gasteiger partial charge in [-0.2, -0.15) is 0 Å². The topological polar surface area (TPSA) is 53.4 Å². The van der Waals surface area contributed by atoms with Crippen LogP contribution in [0.3, 0.4) is 0 Å². The molecule has 98 valence electrons. The largest absolute Gasteiger partial charge is 0.477 e. The van der Waals surface area contributed by atoms with Gasteiger partial charge in [0.05, 0.1) is 5.69 Å². The van der Waals surface area contributed by atoms with Gasteiger partial charge in [0.2, 0.25) is 0 Å². The first-order chi connectivity index (χ1) is 8.58. The molecule has 0 aromatic carbocycles. The van der Waals surface area contributed by atoms with Crippen molar-refractivity contribution in [3.8, 4) is 0 Å². The summed E-state index contributed by atoms with van der Waals surface area (Å²) >= 11 is 0.